The van der Waals surface area contributed by atoms with Crippen LogP contribution in [0.15, 0.2) is 42.9 Å². The van der Waals surface area contributed by atoms with Gasteiger partial charge in [0.15, 0.2) is 0 Å². The molecule has 0 radical (unpaired) electrons. The van der Waals surface area contributed by atoms with E-state index in [4.69, 9.17) is 4.74 Å². The summed E-state index contributed by atoms with van der Waals surface area (Å²) >= 11 is 0. The van der Waals surface area contributed by atoms with Gasteiger partial charge in [-0.15, -0.1) is 0 Å². The van der Waals surface area contributed by atoms with E-state index in [1.807, 2.05) is 29.1 Å². The predicted octanol–water partition coefficient (Wildman–Crippen LogP) is 3.13. The molecule has 3 heterocycles. The van der Waals surface area contributed by atoms with E-state index in [-0.39, 0.29) is 24.0 Å². The van der Waals surface area contributed by atoms with E-state index in [1.54, 1.807) is 4.90 Å². The number of nitrogens with one attached hydrogen (secondary N) is 2. The Labute approximate surface area is 200 Å². The Morgan fingerprint density at radius 2 is 2.09 bits per heavy atom. The minimum Gasteiger partial charge on any atom is -0.489 e. The topological polar surface area (TPSA) is 88.5 Å². The van der Waals surface area contributed by atoms with Crippen molar-refractivity contribution in [2.45, 2.75) is 83.3 Å². The lowest BCUT2D eigenvalue weighted by Crippen LogP contribution is -2.49. The van der Waals surface area contributed by atoms with Crippen molar-refractivity contribution in [1.82, 2.24) is 25.3 Å². The third-order valence-corrected chi connectivity index (χ3v) is 7.18. The second-order valence-electron chi connectivity index (χ2n) is 9.53. The lowest BCUT2D eigenvalue weighted by molar-refractivity contribution is -0.126. The summed E-state index contributed by atoms with van der Waals surface area (Å²) in [5.74, 6) is 0.556. The van der Waals surface area contributed by atoms with Gasteiger partial charge in [-0.2, -0.15) is 5.10 Å². The zero-order chi connectivity index (χ0) is 23.7. The third kappa shape index (κ3) is 4.59. The molecule has 2 amide bonds. The van der Waals surface area contributed by atoms with Crippen molar-refractivity contribution in [3.8, 4) is 5.75 Å². The molecule has 1 saturated carbocycles. The van der Waals surface area contributed by atoms with E-state index in [2.05, 4.69) is 35.4 Å². The molecule has 180 valence electrons. The molecule has 3 unspecified atom stereocenters. The number of benzene rings is 1. The monoisotopic (exact) mass is 463 g/mol. The van der Waals surface area contributed by atoms with Crippen molar-refractivity contribution < 1.29 is 14.3 Å². The number of aryl methyl sites for hydroxylation is 1. The number of rotatable bonds is 7. The smallest absolute Gasteiger partial charge is 0.255 e. The molecule has 2 aliphatic heterocycles. The number of carbonyl (C=O) groups is 2. The molecule has 2 N–H and O–H groups in total. The fourth-order valence-electron chi connectivity index (χ4n) is 5.27. The summed E-state index contributed by atoms with van der Waals surface area (Å²) in [6.45, 7) is 7.99. The quantitative estimate of drug-likeness (QED) is 0.659. The maximum Gasteiger partial charge on any atom is 0.255 e. The van der Waals surface area contributed by atoms with E-state index >= 15 is 0 Å². The highest BCUT2D eigenvalue weighted by Gasteiger charge is 2.38. The lowest BCUT2D eigenvalue weighted by atomic mass is 9.92. The van der Waals surface area contributed by atoms with Crippen LogP contribution < -0.4 is 15.4 Å². The number of amides is 2. The van der Waals surface area contributed by atoms with Gasteiger partial charge >= 0.3 is 0 Å². The Kier molecular flexibility index (Phi) is 6.41. The Bertz CT molecular complexity index is 1090. The number of aromatic nitrogens is 2. The summed E-state index contributed by atoms with van der Waals surface area (Å²) in [4.78, 5) is 27.1. The van der Waals surface area contributed by atoms with E-state index < -0.39 is 6.04 Å². The van der Waals surface area contributed by atoms with Gasteiger partial charge in [0.1, 0.15) is 17.9 Å². The van der Waals surface area contributed by atoms with Crippen LogP contribution >= 0.6 is 0 Å². The van der Waals surface area contributed by atoms with E-state index in [0.29, 0.717) is 24.9 Å². The summed E-state index contributed by atoms with van der Waals surface area (Å²) in [5, 5.41) is 10.8. The molecule has 3 aliphatic rings. The van der Waals surface area contributed by atoms with Crippen molar-refractivity contribution in [1.29, 1.82) is 0 Å². The molecule has 1 aromatic heterocycles. The van der Waals surface area contributed by atoms with Crippen LogP contribution in [-0.2, 0) is 24.4 Å². The number of hydrogen-bond acceptors (Lipinski definition) is 5. The molecule has 1 aliphatic carbocycles. The lowest BCUT2D eigenvalue weighted by Gasteiger charge is -2.32. The number of carbonyl (C=O) groups excluding carboxylic acids is 2. The second-order valence-corrected chi connectivity index (χ2v) is 9.53. The van der Waals surface area contributed by atoms with Gasteiger partial charge in [-0.25, -0.2) is 0 Å². The first-order chi connectivity index (χ1) is 16.5. The minimum absolute atomic E-state index is 0.0800. The summed E-state index contributed by atoms with van der Waals surface area (Å²) in [6, 6.07) is 5.53. The number of nitrogens with zero attached hydrogens (tertiary/aromatic N) is 3. The van der Waals surface area contributed by atoms with Gasteiger partial charge < -0.3 is 20.3 Å². The van der Waals surface area contributed by atoms with Gasteiger partial charge in [-0.1, -0.05) is 13.0 Å². The van der Waals surface area contributed by atoms with Gasteiger partial charge in [-0.05, 0) is 62.8 Å². The largest absolute Gasteiger partial charge is 0.489 e. The van der Waals surface area contributed by atoms with E-state index in [9.17, 15) is 9.59 Å². The molecular weight excluding hydrogens is 430 g/mol. The molecule has 1 saturated heterocycles. The SMILES string of the molecule is C=C1CCC(N2Cc3cc(OC4CCCCC4NCc4cnn(CC)c4)ccc3C2=O)C(=O)N1. The summed E-state index contributed by atoms with van der Waals surface area (Å²) < 4.78 is 8.39. The van der Waals surface area contributed by atoms with E-state index in [1.165, 1.54) is 12.0 Å². The third-order valence-electron chi connectivity index (χ3n) is 7.18. The Balaban J connectivity index is 1.24. The fraction of sp³-hybridized carbons (Fsp3) is 0.500. The van der Waals surface area contributed by atoms with Gasteiger partial charge in [-0.3, -0.25) is 14.3 Å². The van der Waals surface area contributed by atoms with Crippen molar-refractivity contribution in [2.24, 2.45) is 0 Å². The van der Waals surface area contributed by atoms with Crippen LogP contribution in [0.5, 0.6) is 5.75 Å². The molecule has 2 fully saturated rings. The Morgan fingerprint density at radius 1 is 1.24 bits per heavy atom. The van der Waals surface area contributed by atoms with Gasteiger partial charge in [0.2, 0.25) is 5.91 Å². The molecule has 8 heteroatoms. The molecule has 34 heavy (non-hydrogen) atoms. The normalized spacial score (nSPS) is 24.8. The molecule has 3 atom stereocenters. The number of ether oxygens (including phenoxy) is 1. The zero-order valence-corrected chi connectivity index (χ0v) is 19.8. The average Bonchev–Trinajstić information content (AvgIpc) is 3.43. The van der Waals surface area contributed by atoms with Gasteiger partial charge in [0.25, 0.3) is 5.91 Å². The second kappa shape index (κ2) is 9.62. The van der Waals surface area contributed by atoms with Crippen LogP contribution in [0.1, 0.15) is 66.9 Å². The summed E-state index contributed by atoms with van der Waals surface area (Å²) in [6.07, 6.45) is 9.80. The van der Waals surface area contributed by atoms with Crippen LogP contribution in [-0.4, -0.2) is 44.7 Å². The van der Waals surface area contributed by atoms with Gasteiger partial charge in [0.05, 0.1) is 6.20 Å². The molecule has 2 aromatic rings. The first-order valence-electron chi connectivity index (χ1n) is 12.4. The van der Waals surface area contributed by atoms with Crippen LogP contribution in [0.4, 0.5) is 0 Å². The zero-order valence-electron chi connectivity index (χ0n) is 19.8. The number of allylic oxidation sites excluding steroid dienone is 1. The first-order valence-corrected chi connectivity index (χ1v) is 12.4. The maximum atomic E-state index is 13.0. The van der Waals surface area contributed by atoms with Crippen molar-refractivity contribution in [3.63, 3.8) is 0 Å². The maximum absolute atomic E-state index is 13.0. The minimum atomic E-state index is -0.446. The number of hydrogen-bond donors (Lipinski definition) is 2. The molecule has 0 spiro atoms. The standard InChI is InChI=1S/C26H33N5O3/c1-3-30-15-18(14-28-30)13-27-22-6-4-5-7-24(22)34-20-9-10-21-19(12-20)16-31(26(21)33)23-11-8-17(2)29-25(23)32/h9-10,12,14-15,22-24,27H,2-8,11,13,16H2,1H3,(H,29,32). The summed E-state index contributed by atoms with van der Waals surface area (Å²) in [7, 11) is 0. The van der Waals surface area contributed by atoms with Crippen molar-refractivity contribution in [3.05, 3.63) is 59.6 Å². The average molecular weight is 464 g/mol. The van der Waals surface area contributed by atoms with Crippen LogP contribution in [0.2, 0.25) is 0 Å². The Morgan fingerprint density at radius 3 is 2.88 bits per heavy atom. The molecule has 5 rings (SSSR count). The number of piperidine rings is 1. The molecule has 8 nitrogen and oxygen atoms in total. The molecular formula is C26H33N5O3. The van der Waals surface area contributed by atoms with Gasteiger partial charge in [0, 0.05) is 48.7 Å². The highest BCUT2D eigenvalue weighted by Crippen LogP contribution is 2.32. The van der Waals surface area contributed by atoms with Crippen LogP contribution in [0, 0.1) is 0 Å². The highest BCUT2D eigenvalue weighted by atomic mass is 16.5. The van der Waals surface area contributed by atoms with E-state index in [0.717, 1.165) is 49.4 Å². The van der Waals surface area contributed by atoms with Crippen LogP contribution in [0.25, 0.3) is 0 Å². The van der Waals surface area contributed by atoms with Crippen LogP contribution in [0.3, 0.4) is 0 Å². The van der Waals surface area contributed by atoms with Crippen molar-refractivity contribution >= 4 is 11.8 Å². The Hall–Kier alpha value is -3.13. The highest BCUT2D eigenvalue weighted by molar-refractivity contribution is 6.01. The predicted molar refractivity (Wildman–Crippen MR) is 128 cm³/mol. The molecule has 0 bridgehead atoms. The summed E-state index contributed by atoms with van der Waals surface area (Å²) in [5.41, 5.74) is 3.48. The molecule has 1 aromatic carbocycles. The first kappa shape index (κ1) is 22.7. The fourth-order valence-corrected chi connectivity index (χ4v) is 5.27. The van der Waals surface area contributed by atoms with Crippen molar-refractivity contribution in [2.75, 3.05) is 0 Å². The number of fused-ring (bicyclic) bond motifs is 1.